The molecule has 2 heteroatoms. The molecule has 4 unspecified atom stereocenters. The Morgan fingerprint density at radius 2 is 2.08 bits per heavy atom. The van der Waals surface area contributed by atoms with Crippen LogP contribution in [0.5, 0.6) is 0 Å². The van der Waals surface area contributed by atoms with Crippen LogP contribution in [0.2, 0.25) is 0 Å². The molecule has 1 rings (SSSR count). The summed E-state index contributed by atoms with van der Waals surface area (Å²) in [4.78, 5) is 0. The second-order valence-electron chi connectivity index (χ2n) is 4.16. The van der Waals surface area contributed by atoms with Crippen molar-refractivity contribution in [3.05, 3.63) is 0 Å². The minimum Gasteiger partial charge on any atom is -0.396 e. The molecule has 2 N–H and O–H groups in total. The third-order valence-electron chi connectivity index (χ3n) is 3.39. The van der Waals surface area contributed by atoms with E-state index in [9.17, 15) is 5.11 Å². The van der Waals surface area contributed by atoms with Gasteiger partial charge in [-0.25, -0.2) is 0 Å². The molecule has 0 amide bonds. The molecule has 0 aromatic heterocycles. The van der Waals surface area contributed by atoms with E-state index in [-0.39, 0.29) is 12.7 Å². The monoisotopic (exact) mass is 172 g/mol. The van der Waals surface area contributed by atoms with Crippen LogP contribution in [0.15, 0.2) is 0 Å². The SMILES string of the molecule is CC(CCO)C1CCC(O)C1C. The molecule has 0 bridgehead atoms. The summed E-state index contributed by atoms with van der Waals surface area (Å²) in [5, 5.41) is 18.3. The smallest absolute Gasteiger partial charge is 0.0568 e. The van der Waals surface area contributed by atoms with Crippen molar-refractivity contribution in [3.63, 3.8) is 0 Å². The highest BCUT2D eigenvalue weighted by atomic mass is 16.3. The molecule has 1 fully saturated rings. The molecular formula is C10H20O2. The summed E-state index contributed by atoms with van der Waals surface area (Å²) in [6.45, 7) is 4.58. The second kappa shape index (κ2) is 4.24. The van der Waals surface area contributed by atoms with Gasteiger partial charge in [-0.05, 0) is 37.0 Å². The van der Waals surface area contributed by atoms with E-state index in [2.05, 4.69) is 13.8 Å². The van der Waals surface area contributed by atoms with Crippen molar-refractivity contribution in [1.29, 1.82) is 0 Å². The van der Waals surface area contributed by atoms with Crippen LogP contribution < -0.4 is 0 Å². The van der Waals surface area contributed by atoms with Gasteiger partial charge in [-0.2, -0.15) is 0 Å². The summed E-state index contributed by atoms with van der Waals surface area (Å²) in [7, 11) is 0. The van der Waals surface area contributed by atoms with E-state index in [1.807, 2.05) is 0 Å². The van der Waals surface area contributed by atoms with Gasteiger partial charge in [0.2, 0.25) is 0 Å². The van der Waals surface area contributed by atoms with Crippen molar-refractivity contribution in [2.75, 3.05) is 6.61 Å². The number of aliphatic hydroxyl groups excluding tert-OH is 2. The summed E-state index contributed by atoms with van der Waals surface area (Å²) in [6, 6.07) is 0. The first-order valence-electron chi connectivity index (χ1n) is 4.95. The average molecular weight is 172 g/mol. The lowest BCUT2D eigenvalue weighted by Gasteiger charge is -2.23. The predicted octanol–water partition coefficient (Wildman–Crippen LogP) is 1.41. The summed E-state index contributed by atoms with van der Waals surface area (Å²) in [5.41, 5.74) is 0. The van der Waals surface area contributed by atoms with Crippen molar-refractivity contribution in [2.45, 2.75) is 39.2 Å². The van der Waals surface area contributed by atoms with Gasteiger partial charge in [-0.1, -0.05) is 13.8 Å². The molecule has 0 radical (unpaired) electrons. The van der Waals surface area contributed by atoms with Crippen LogP contribution in [-0.2, 0) is 0 Å². The molecule has 0 aromatic carbocycles. The maximum Gasteiger partial charge on any atom is 0.0568 e. The van der Waals surface area contributed by atoms with E-state index in [4.69, 9.17) is 5.11 Å². The molecule has 12 heavy (non-hydrogen) atoms. The zero-order valence-corrected chi connectivity index (χ0v) is 8.03. The molecule has 0 aliphatic heterocycles. The van der Waals surface area contributed by atoms with Crippen molar-refractivity contribution in [3.8, 4) is 0 Å². The highest BCUT2D eigenvalue weighted by molar-refractivity contribution is 4.84. The number of aliphatic hydroxyl groups is 2. The van der Waals surface area contributed by atoms with Crippen LogP contribution in [0, 0.1) is 17.8 Å². The minimum atomic E-state index is -0.101. The highest BCUT2D eigenvalue weighted by Crippen LogP contribution is 2.37. The molecule has 1 aliphatic rings. The lowest BCUT2D eigenvalue weighted by Crippen LogP contribution is -2.21. The zero-order chi connectivity index (χ0) is 9.14. The molecule has 1 aliphatic carbocycles. The quantitative estimate of drug-likeness (QED) is 0.675. The van der Waals surface area contributed by atoms with Gasteiger partial charge in [-0.3, -0.25) is 0 Å². The Bertz CT molecular complexity index is 136. The number of hydrogen-bond acceptors (Lipinski definition) is 2. The standard InChI is InChI=1S/C10H20O2/c1-7(5-6-11)9-3-4-10(12)8(9)2/h7-12H,3-6H2,1-2H3. The largest absolute Gasteiger partial charge is 0.396 e. The average Bonchev–Trinajstić information content (AvgIpc) is 2.34. The lowest BCUT2D eigenvalue weighted by atomic mass is 9.84. The number of hydrogen-bond donors (Lipinski definition) is 2. The fourth-order valence-electron chi connectivity index (χ4n) is 2.39. The third-order valence-corrected chi connectivity index (χ3v) is 3.39. The molecule has 0 heterocycles. The van der Waals surface area contributed by atoms with E-state index >= 15 is 0 Å². The summed E-state index contributed by atoms with van der Waals surface area (Å²) >= 11 is 0. The van der Waals surface area contributed by atoms with Gasteiger partial charge in [0.15, 0.2) is 0 Å². The van der Waals surface area contributed by atoms with Crippen LogP contribution in [0.3, 0.4) is 0 Å². The van der Waals surface area contributed by atoms with Gasteiger partial charge >= 0.3 is 0 Å². The topological polar surface area (TPSA) is 40.5 Å². The second-order valence-corrected chi connectivity index (χ2v) is 4.16. The van der Waals surface area contributed by atoms with Crippen LogP contribution in [0.1, 0.15) is 33.1 Å². The van der Waals surface area contributed by atoms with E-state index < -0.39 is 0 Å². The Morgan fingerprint density at radius 3 is 2.50 bits per heavy atom. The summed E-state index contributed by atoms with van der Waals surface area (Å²) in [5.74, 6) is 1.60. The molecule has 0 spiro atoms. The lowest BCUT2D eigenvalue weighted by molar-refractivity contribution is 0.110. The van der Waals surface area contributed by atoms with Crippen molar-refractivity contribution in [1.82, 2.24) is 0 Å². The van der Waals surface area contributed by atoms with Crippen molar-refractivity contribution >= 4 is 0 Å². The first-order valence-corrected chi connectivity index (χ1v) is 4.95. The van der Waals surface area contributed by atoms with Crippen molar-refractivity contribution in [2.24, 2.45) is 17.8 Å². The van der Waals surface area contributed by atoms with Crippen LogP contribution in [0.25, 0.3) is 0 Å². The van der Waals surface area contributed by atoms with Gasteiger partial charge in [0.05, 0.1) is 6.10 Å². The molecule has 1 saturated carbocycles. The minimum absolute atomic E-state index is 0.101. The Morgan fingerprint density at radius 1 is 1.42 bits per heavy atom. The van der Waals surface area contributed by atoms with E-state index in [0.717, 1.165) is 19.3 Å². The Balaban J connectivity index is 2.41. The van der Waals surface area contributed by atoms with Crippen LogP contribution >= 0.6 is 0 Å². The van der Waals surface area contributed by atoms with Gasteiger partial charge in [0, 0.05) is 6.61 Å². The Labute approximate surface area is 74.6 Å². The predicted molar refractivity (Wildman–Crippen MR) is 48.8 cm³/mol. The maximum absolute atomic E-state index is 9.52. The molecular weight excluding hydrogens is 152 g/mol. The fourth-order valence-corrected chi connectivity index (χ4v) is 2.39. The van der Waals surface area contributed by atoms with Crippen LogP contribution in [0.4, 0.5) is 0 Å². The molecule has 0 aromatic rings. The summed E-state index contributed by atoms with van der Waals surface area (Å²) < 4.78 is 0. The number of rotatable bonds is 3. The van der Waals surface area contributed by atoms with E-state index in [1.165, 1.54) is 0 Å². The third kappa shape index (κ3) is 1.99. The van der Waals surface area contributed by atoms with Crippen LogP contribution in [-0.4, -0.2) is 22.9 Å². The first kappa shape index (κ1) is 10.0. The summed E-state index contributed by atoms with van der Waals surface area (Å²) in [6.07, 6.45) is 2.85. The van der Waals surface area contributed by atoms with E-state index in [1.54, 1.807) is 0 Å². The fraction of sp³-hybridized carbons (Fsp3) is 1.00. The maximum atomic E-state index is 9.52. The molecule has 72 valence electrons. The zero-order valence-electron chi connectivity index (χ0n) is 8.03. The van der Waals surface area contributed by atoms with Crippen molar-refractivity contribution < 1.29 is 10.2 Å². The molecule has 2 nitrogen and oxygen atoms in total. The van der Waals surface area contributed by atoms with Gasteiger partial charge in [0.1, 0.15) is 0 Å². The first-order chi connectivity index (χ1) is 5.66. The Kier molecular flexibility index (Phi) is 3.53. The highest BCUT2D eigenvalue weighted by Gasteiger charge is 2.34. The van der Waals surface area contributed by atoms with E-state index in [0.29, 0.717) is 17.8 Å². The van der Waals surface area contributed by atoms with Gasteiger partial charge in [0.25, 0.3) is 0 Å². The van der Waals surface area contributed by atoms with Gasteiger partial charge in [-0.15, -0.1) is 0 Å². The normalized spacial score (nSPS) is 38.5. The van der Waals surface area contributed by atoms with Gasteiger partial charge < -0.3 is 10.2 Å². The molecule has 4 atom stereocenters. The Hall–Kier alpha value is -0.0800. The molecule has 0 saturated heterocycles.